The fourth-order valence-corrected chi connectivity index (χ4v) is 2.74. The summed E-state index contributed by atoms with van der Waals surface area (Å²) in [6, 6.07) is 9.85. The Bertz CT molecular complexity index is 877. The minimum atomic E-state index is 0.620. The second-order valence-electron chi connectivity index (χ2n) is 4.24. The van der Waals surface area contributed by atoms with Crippen LogP contribution in [0.25, 0.3) is 27.1 Å². The van der Waals surface area contributed by atoms with Gasteiger partial charge in [-0.15, -0.1) is 10.2 Å². The second-order valence-corrected chi connectivity index (χ2v) is 5.20. The first kappa shape index (κ1) is 11.3. The maximum absolute atomic E-state index is 5.22. The predicted molar refractivity (Wildman–Crippen MR) is 74.3 cm³/mol. The molecular weight excluding hydrogens is 274 g/mol. The van der Waals surface area contributed by atoms with E-state index in [1.807, 2.05) is 30.3 Å². The topological polar surface area (TPSA) is 69.1 Å². The SMILES string of the molecule is Cc1nc(-c2nn3c(-c4ccccc4)nnc3s2)co1. The van der Waals surface area contributed by atoms with Crippen LogP contribution in [0.3, 0.4) is 0 Å². The van der Waals surface area contributed by atoms with Crippen LogP contribution in [0.5, 0.6) is 0 Å². The molecule has 0 aliphatic heterocycles. The molecule has 0 N–H and O–H groups in total. The zero-order valence-corrected chi connectivity index (χ0v) is 11.3. The van der Waals surface area contributed by atoms with Gasteiger partial charge in [0, 0.05) is 12.5 Å². The van der Waals surface area contributed by atoms with E-state index < -0.39 is 0 Å². The Balaban J connectivity index is 1.87. The van der Waals surface area contributed by atoms with Gasteiger partial charge in [-0.05, 0) is 0 Å². The smallest absolute Gasteiger partial charge is 0.235 e. The molecule has 0 amide bonds. The van der Waals surface area contributed by atoms with Crippen LogP contribution in [0, 0.1) is 6.92 Å². The van der Waals surface area contributed by atoms with Crippen LogP contribution in [0.1, 0.15) is 5.89 Å². The van der Waals surface area contributed by atoms with Gasteiger partial charge in [0.1, 0.15) is 12.0 Å². The van der Waals surface area contributed by atoms with Crippen molar-refractivity contribution in [2.75, 3.05) is 0 Å². The molecule has 0 atom stereocenters. The highest BCUT2D eigenvalue weighted by atomic mass is 32.1. The van der Waals surface area contributed by atoms with E-state index in [2.05, 4.69) is 20.3 Å². The number of fused-ring (bicyclic) bond motifs is 1. The molecular formula is C13H9N5OS. The van der Waals surface area contributed by atoms with E-state index >= 15 is 0 Å². The number of nitrogens with zero attached hydrogens (tertiary/aromatic N) is 5. The molecule has 3 aromatic heterocycles. The van der Waals surface area contributed by atoms with E-state index in [4.69, 9.17) is 4.42 Å². The molecule has 98 valence electrons. The van der Waals surface area contributed by atoms with Crippen molar-refractivity contribution in [3.8, 4) is 22.1 Å². The third-order valence-electron chi connectivity index (χ3n) is 2.86. The van der Waals surface area contributed by atoms with Crippen molar-refractivity contribution in [3.63, 3.8) is 0 Å². The van der Waals surface area contributed by atoms with Gasteiger partial charge in [0.15, 0.2) is 16.7 Å². The predicted octanol–water partition coefficient (Wildman–Crippen LogP) is 2.82. The van der Waals surface area contributed by atoms with Gasteiger partial charge in [0.05, 0.1) is 0 Å². The van der Waals surface area contributed by atoms with Crippen molar-refractivity contribution in [1.29, 1.82) is 0 Å². The highest BCUT2D eigenvalue weighted by Gasteiger charge is 2.15. The van der Waals surface area contributed by atoms with E-state index in [-0.39, 0.29) is 0 Å². The summed E-state index contributed by atoms with van der Waals surface area (Å²) in [5, 5.41) is 13.6. The molecule has 0 aliphatic carbocycles. The van der Waals surface area contributed by atoms with E-state index in [9.17, 15) is 0 Å². The van der Waals surface area contributed by atoms with Gasteiger partial charge in [-0.25, -0.2) is 4.98 Å². The van der Waals surface area contributed by atoms with Gasteiger partial charge >= 0.3 is 0 Å². The molecule has 0 radical (unpaired) electrons. The summed E-state index contributed by atoms with van der Waals surface area (Å²) in [6.45, 7) is 1.80. The van der Waals surface area contributed by atoms with Gasteiger partial charge in [-0.1, -0.05) is 41.7 Å². The van der Waals surface area contributed by atoms with Crippen LogP contribution in [0.4, 0.5) is 0 Å². The number of oxazole rings is 1. The number of benzene rings is 1. The van der Waals surface area contributed by atoms with E-state index in [1.165, 1.54) is 11.3 Å². The van der Waals surface area contributed by atoms with Crippen LogP contribution in [0.15, 0.2) is 41.0 Å². The van der Waals surface area contributed by atoms with Crippen molar-refractivity contribution in [1.82, 2.24) is 24.8 Å². The Hall–Kier alpha value is -2.54. The molecule has 3 heterocycles. The molecule has 0 bridgehead atoms. The van der Waals surface area contributed by atoms with Crippen molar-refractivity contribution in [3.05, 3.63) is 42.5 Å². The van der Waals surface area contributed by atoms with Gasteiger partial charge in [0.25, 0.3) is 0 Å². The second kappa shape index (κ2) is 4.24. The van der Waals surface area contributed by atoms with Crippen LogP contribution >= 0.6 is 11.3 Å². The molecule has 20 heavy (non-hydrogen) atoms. The summed E-state index contributed by atoms with van der Waals surface area (Å²) in [7, 11) is 0. The summed E-state index contributed by atoms with van der Waals surface area (Å²) in [6.07, 6.45) is 1.60. The molecule has 0 aliphatic rings. The van der Waals surface area contributed by atoms with Crippen LogP contribution < -0.4 is 0 Å². The Morgan fingerprint density at radius 2 is 2.00 bits per heavy atom. The van der Waals surface area contributed by atoms with Crippen LogP contribution in [-0.2, 0) is 0 Å². The molecule has 1 aromatic carbocycles. The molecule has 0 spiro atoms. The van der Waals surface area contributed by atoms with E-state index in [1.54, 1.807) is 17.7 Å². The Kier molecular flexibility index (Phi) is 2.40. The number of aryl methyl sites for hydroxylation is 1. The lowest BCUT2D eigenvalue weighted by molar-refractivity contribution is 0.521. The Labute approximate surface area is 117 Å². The van der Waals surface area contributed by atoms with Gasteiger partial charge in [-0.2, -0.15) is 9.61 Å². The van der Waals surface area contributed by atoms with Gasteiger partial charge in [0.2, 0.25) is 4.96 Å². The monoisotopic (exact) mass is 283 g/mol. The molecule has 0 saturated heterocycles. The minimum absolute atomic E-state index is 0.620. The lowest BCUT2D eigenvalue weighted by Gasteiger charge is -1.94. The van der Waals surface area contributed by atoms with Crippen LogP contribution in [0.2, 0.25) is 0 Å². The Morgan fingerprint density at radius 3 is 2.75 bits per heavy atom. The molecule has 7 heteroatoms. The summed E-state index contributed by atoms with van der Waals surface area (Å²) in [5.74, 6) is 1.34. The fourth-order valence-electron chi connectivity index (χ4n) is 1.95. The number of hydrogen-bond donors (Lipinski definition) is 0. The average molecular weight is 283 g/mol. The molecule has 0 unspecified atom stereocenters. The zero-order valence-electron chi connectivity index (χ0n) is 10.5. The molecule has 0 fully saturated rings. The summed E-state index contributed by atoms with van der Waals surface area (Å²) < 4.78 is 6.95. The number of aromatic nitrogens is 5. The summed E-state index contributed by atoms with van der Waals surface area (Å²) in [5.41, 5.74) is 1.70. The minimum Gasteiger partial charge on any atom is -0.449 e. The summed E-state index contributed by atoms with van der Waals surface area (Å²) in [4.78, 5) is 5.01. The largest absolute Gasteiger partial charge is 0.449 e. The summed E-state index contributed by atoms with van der Waals surface area (Å²) >= 11 is 1.43. The lowest BCUT2D eigenvalue weighted by Crippen LogP contribution is -1.90. The lowest BCUT2D eigenvalue weighted by atomic mass is 10.2. The van der Waals surface area contributed by atoms with E-state index in [0.717, 1.165) is 27.1 Å². The average Bonchev–Trinajstić information content (AvgIpc) is 3.13. The third kappa shape index (κ3) is 1.71. The van der Waals surface area contributed by atoms with E-state index in [0.29, 0.717) is 5.89 Å². The van der Waals surface area contributed by atoms with Crippen molar-refractivity contribution in [2.24, 2.45) is 0 Å². The normalized spacial score (nSPS) is 11.2. The van der Waals surface area contributed by atoms with Crippen molar-refractivity contribution in [2.45, 2.75) is 6.92 Å². The third-order valence-corrected chi connectivity index (χ3v) is 3.78. The molecule has 0 saturated carbocycles. The number of rotatable bonds is 2. The zero-order chi connectivity index (χ0) is 13.5. The standard InChI is InChI=1S/C13H9N5OS/c1-8-14-10(7-19-8)12-17-18-11(15-16-13(18)20-12)9-5-3-2-4-6-9/h2-7H,1H3. The maximum atomic E-state index is 5.22. The first-order valence-corrected chi connectivity index (χ1v) is 6.83. The highest BCUT2D eigenvalue weighted by Crippen LogP contribution is 2.27. The van der Waals surface area contributed by atoms with Gasteiger partial charge < -0.3 is 4.42 Å². The molecule has 4 aromatic rings. The first-order valence-electron chi connectivity index (χ1n) is 6.01. The molecule has 6 nitrogen and oxygen atoms in total. The quantitative estimate of drug-likeness (QED) is 0.566. The van der Waals surface area contributed by atoms with Gasteiger partial charge in [-0.3, -0.25) is 0 Å². The molecule has 4 rings (SSSR count). The van der Waals surface area contributed by atoms with Crippen molar-refractivity contribution < 1.29 is 4.42 Å². The maximum Gasteiger partial charge on any atom is 0.235 e. The number of hydrogen-bond acceptors (Lipinski definition) is 6. The highest BCUT2D eigenvalue weighted by molar-refractivity contribution is 7.19. The van der Waals surface area contributed by atoms with Crippen LogP contribution in [-0.4, -0.2) is 24.8 Å². The fraction of sp³-hybridized carbons (Fsp3) is 0.0769. The van der Waals surface area contributed by atoms with Crippen molar-refractivity contribution >= 4 is 16.3 Å². The first-order chi connectivity index (χ1) is 9.81. The Morgan fingerprint density at radius 1 is 1.15 bits per heavy atom.